The van der Waals surface area contributed by atoms with Gasteiger partial charge in [-0.3, -0.25) is 9.89 Å². The first-order valence-electron chi connectivity index (χ1n) is 7.37. The van der Waals surface area contributed by atoms with E-state index in [1.54, 1.807) is 6.92 Å². The third-order valence-corrected chi connectivity index (χ3v) is 3.55. The Hall–Kier alpha value is -2.96. The van der Waals surface area contributed by atoms with Crippen LogP contribution in [0.4, 0.5) is 0 Å². The Balaban J connectivity index is 1.72. The number of amides is 1. The molecule has 0 saturated carbocycles. The van der Waals surface area contributed by atoms with Crippen LogP contribution in [0.2, 0.25) is 0 Å². The molecule has 7 heteroatoms. The molecule has 3 rings (SSSR count). The fourth-order valence-electron chi connectivity index (χ4n) is 2.39. The summed E-state index contributed by atoms with van der Waals surface area (Å²) in [5.74, 6) is 1.13. The molecule has 1 aromatic carbocycles. The number of hydrogen-bond donors (Lipinski definition) is 2. The number of hydrogen-bond acceptors (Lipinski definition) is 5. The van der Waals surface area contributed by atoms with Crippen molar-refractivity contribution in [2.24, 2.45) is 0 Å². The van der Waals surface area contributed by atoms with Gasteiger partial charge in [-0.1, -0.05) is 30.3 Å². The molecular formula is C16H17N5O2. The molecule has 2 N–H and O–H groups in total. The Morgan fingerprint density at radius 2 is 2.26 bits per heavy atom. The summed E-state index contributed by atoms with van der Waals surface area (Å²) >= 11 is 0. The average molecular weight is 311 g/mol. The molecule has 23 heavy (non-hydrogen) atoms. The van der Waals surface area contributed by atoms with E-state index in [1.165, 1.54) is 6.33 Å². The Kier molecular flexibility index (Phi) is 4.18. The van der Waals surface area contributed by atoms with Gasteiger partial charge in [-0.05, 0) is 18.6 Å². The van der Waals surface area contributed by atoms with Crippen molar-refractivity contribution in [2.45, 2.75) is 26.8 Å². The fourth-order valence-corrected chi connectivity index (χ4v) is 2.39. The number of aryl methyl sites for hydroxylation is 2. The molecule has 0 aliphatic rings. The van der Waals surface area contributed by atoms with E-state index in [-0.39, 0.29) is 5.91 Å². The van der Waals surface area contributed by atoms with Crippen LogP contribution in [0.5, 0.6) is 0 Å². The van der Waals surface area contributed by atoms with Crippen molar-refractivity contribution >= 4 is 5.91 Å². The topological polar surface area (TPSA) is 96.7 Å². The van der Waals surface area contributed by atoms with E-state index in [1.807, 2.05) is 31.2 Å². The van der Waals surface area contributed by atoms with Crippen LogP contribution in [0.1, 0.15) is 34.3 Å². The van der Waals surface area contributed by atoms with Crippen LogP contribution in [-0.4, -0.2) is 26.2 Å². The summed E-state index contributed by atoms with van der Waals surface area (Å²) in [5.41, 5.74) is 3.03. The molecule has 0 bridgehead atoms. The second-order valence-corrected chi connectivity index (χ2v) is 5.14. The predicted molar refractivity (Wildman–Crippen MR) is 83.6 cm³/mol. The number of aromatic amines is 1. The van der Waals surface area contributed by atoms with Crippen molar-refractivity contribution in [3.63, 3.8) is 0 Å². The Labute approximate surface area is 133 Å². The maximum atomic E-state index is 12.4. The molecule has 7 nitrogen and oxygen atoms in total. The van der Waals surface area contributed by atoms with Gasteiger partial charge in [0.2, 0.25) is 0 Å². The standard InChI is InChI=1S/C16H17N5O2/c1-3-13-14(10(2)21-23-13)16(22)17-8-11-5-4-6-12(7-11)15-18-9-19-20-15/h4-7,9H,3,8H2,1-2H3,(H,17,22)(H,18,19,20). The fraction of sp³-hybridized carbons (Fsp3) is 0.250. The highest BCUT2D eigenvalue weighted by molar-refractivity contribution is 5.96. The molecule has 0 saturated heterocycles. The number of rotatable bonds is 5. The smallest absolute Gasteiger partial charge is 0.257 e. The minimum absolute atomic E-state index is 0.175. The quantitative estimate of drug-likeness (QED) is 0.753. The maximum absolute atomic E-state index is 12.4. The highest BCUT2D eigenvalue weighted by Gasteiger charge is 2.18. The first-order valence-corrected chi connectivity index (χ1v) is 7.37. The van der Waals surface area contributed by atoms with E-state index >= 15 is 0 Å². The average Bonchev–Trinajstić information content (AvgIpc) is 3.22. The van der Waals surface area contributed by atoms with Gasteiger partial charge in [-0.15, -0.1) is 0 Å². The highest BCUT2D eigenvalue weighted by atomic mass is 16.5. The van der Waals surface area contributed by atoms with Crippen molar-refractivity contribution in [1.29, 1.82) is 0 Å². The van der Waals surface area contributed by atoms with Crippen LogP contribution in [0.15, 0.2) is 35.1 Å². The monoisotopic (exact) mass is 311 g/mol. The van der Waals surface area contributed by atoms with Crippen LogP contribution in [-0.2, 0) is 13.0 Å². The third-order valence-electron chi connectivity index (χ3n) is 3.55. The number of nitrogens with zero attached hydrogens (tertiary/aromatic N) is 3. The number of carbonyl (C=O) groups is 1. The molecule has 0 unspecified atom stereocenters. The summed E-state index contributed by atoms with van der Waals surface area (Å²) in [6, 6.07) is 7.76. The van der Waals surface area contributed by atoms with Crippen molar-refractivity contribution in [1.82, 2.24) is 25.7 Å². The van der Waals surface area contributed by atoms with Gasteiger partial charge in [0.25, 0.3) is 5.91 Å². The Morgan fingerprint density at radius 1 is 1.39 bits per heavy atom. The number of benzene rings is 1. The van der Waals surface area contributed by atoms with Gasteiger partial charge in [-0.25, -0.2) is 4.98 Å². The van der Waals surface area contributed by atoms with Gasteiger partial charge in [0.15, 0.2) is 5.82 Å². The molecule has 0 aliphatic carbocycles. The molecule has 0 atom stereocenters. The SMILES string of the molecule is CCc1onc(C)c1C(=O)NCc1cccc(-c2ncn[nH]2)c1. The molecular weight excluding hydrogens is 294 g/mol. The zero-order valence-corrected chi connectivity index (χ0v) is 13.0. The number of carbonyl (C=O) groups excluding carboxylic acids is 1. The molecule has 2 aromatic heterocycles. The highest BCUT2D eigenvalue weighted by Crippen LogP contribution is 2.17. The first kappa shape index (κ1) is 15.0. The van der Waals surface area contributed by atoms with Gasteiger partial charge in [0.05, 0.1) is 5.69 Å². The lowest BCUT2D eigenvalue weighted by molar-refractivity contribution is 0.0948. The lowest BCUT2D eigenvalue weighted by atomic mass is 10.1. The van der Waals surface area contributed by atoms with Crippen molar-refractivity contribution < 1.29 is 9.32 Å². The van der Waals surface area contributed by atoms with Gasteiger partial charge in [0, 0.05) is 18.5 Å². The Bertz CT molecular complexity index is 808. The van der Waals surface area contributed by atoms with Crippen LogP contribution >= 0.6 is 0 Å². The minimum atomic E-state index is -0.175. The Morgan fingerprint density at radius 3 is 3.00 bits per heavy atom. The van der Waals surface area contributed by atoms with E-state index in [9.17, 15) is 4.79 Å². The third kappa shape index (κ3) is 3.13. The van der Waals surface area contributed by atoms with Crippen molar-refractivity contribution in [3.8, 4) is 11.4 Å². The van der Waals surface area contributed by atoms with E-state index in [0.717, 1.165) is 11.1 Å². The molecule has 3 aromatic rings. The predicted octanol–water partition coefficient (Wildman–Crippen LogP) is 2.26. The zero-order chi connectivity index (χ0) is 16.2. The molecule has 0 spiro atoms. The molecule has 118 valence electrons. The summed E-state index contributed by atoms with van der Waals surface area (Å²) in [5, 5.41) is 13.4. The summed E-state index contributed by atoms with van der Waals surface area (Å²) in [6.07, 6.45) is 2.09. The number of nitrogens with one attached hydrogen (secondary N) is 2. The number of H-pyrrole nitrogens is 1. The van der Waals surface area contributed by atoms with Crippen LogP contribution in [0, 0.1) is 6.92 Å². The minimum Gasteiger partial charge on any atom is -0.360 e. The van der Waals surface area contributed by atoms with E-state index in [2.05, 4.69) is 25.7 Å². The van der Waals surface area contributed by atoms with Gasteiger partial charge in [-0.2, -0.15) is 5.10 Å². The number of aromatic nitrogens is 4. The lowest BCUT2D eigenvalue weighted by Crippen LogP contribution is -2.24. The summed E-state index contributed by atoms with van der Waals surface area (Å²) in [7, 11) is 0. The normalized spacial score (nSPS) is 10.7. The summed E-state index contributed by atoms with van der Waals surface area (Å²) in [4.78, 5) is 16.5. The van der Waals surface area contributed by atoms with E-state index < -0.39 is 0 Å². The molecule has 0 radical (unpaired) electrons. The van der Waals surface area contributed by atoms with Crippen LogP contribution in [0.25, 0.3) is 11.4 Å². The summed E-state index contributed by atoms with van der Waals surface area (Å²) in [6.45, 7) is 4.11. The lowest BCUT2D eigenvalue weighted by Gasteiger charge is -2.06. The van der Waals surface area contributed by atoms with Crippen molar-refractivity contribution in [2.75, 3.05) is 0 Å². The summed E-state index contributed by atoms with van der Waals surface area (Å²) < 4.78 is 5.16. The first-order chi connectivity index (χ1) is 11.2. The maximum Gasteiger partial charge on any atom is 0.257 e. The molecule has 1 amide bonds. The second kappa shape index (κ2) is 6.43. The van der Waals surface area contributed by atoms with Gasteiger partial charge >= 0.3 is 0 Å². The molecule has 0 fully saturated rings. The molecule has 2 heterocycles. The zero-order valence-electron chi connectivity index (χ0n) is 13.0. The largest absolute Gasteiger partial charge is 0.360 e. The van der Waals surface area contributed by atoms with E-state index in [0.29, 0.717) is 35.8 Å². The second-order valence-electron chi connectivity index (χ2n) is 5.14. The molecule has 0 aliphatic heterocycles. The van der Waals surface area contributed by atoms with Gasteiger partial charge < -0.3 is 9.84 Å². The van der Waals surface area contributed by atoms with Crippen LogP contribution in [0.3, 0.4) is 0 Å². The van der Waals surface area contributed by atoms with E-state index in [4.69, 9.17) is 4.52 Å². The van der Waals surface area contributed by atoms with Crippen LogP contribution < -0.4 is 5.32 Å². The van der Waals surface area contributed by atoms with Gasteiger partial charge in [0.1, 0.15) is 17.7 Å². The van der Waals surface area contributed by atoms with Crippen molar-refractivity contribution in [3.05, 3.63) is 53.2 Å².